The fourth-order valence-corrected chi connectivity index (χ4v) is 2.48. The maximum absolute atomic E-state index is 13.9. The van der Waals surface area contributed by atoms with E-state index in [-0.39, 0.29) is 28.2 Å². The maximum atomic E-state index is 13.9. The number of aromatic amines is 1. The van der Waals surface area contributed by atoms with Gasteiger partial charge in [0.2, 0.25) is 5.95 Å². The molecule has 0 spiro atoms. The van der Waals surface area contributed by atoms with Gasteiger partial charge in [-0.3, -0.25) is 19.1 Å². The molecule has 3 aromatic rings. The predicted octanol–water partition coefficient (Wildman–Crippen LogP) is 2.11. The summed E-state index contributed by atoms with van der Waals surface area (Å²) < 4.78 is 15.9. The second-order valence-electron chi connectivity index (χ2n) is 4.63. The van der Waals surface area contributed by atoms with Crippen LogP contribution in [-0.2, 0) is 7.05 Å². The third-order valence-electron chi connectivity index (χ3n) is 3.16. The number of anilines is 2. The number of hydrogen-bond donors (Lipinski definition) is 2. The quantitative estimate of drug-likeness (QED) is 0.633. The molecule has 0 saturated carbocycles. The van der Waals surface area contributed by atoms with E-state index in [1.54, 1.807) is 12.1 Å². The summed E-state index contributed by atoms with van der Waals surface area (Å²) in [4.78, 5) is 30.4. The summed E-state index contributed by atoms with van der Waals surface area (Å²) in [6, 6.07) is 7.34. The van der Waals surface area contributed by atoms with Crippen LogP contribution in [0, 0.1) is 9.39 Å². The minimum Gasteiger partial charge on any atom is -0.323 e. The molecular formula is C14H10FIN4O2. The van der Waals surface area contributed by atoms with E-state index in [0.717, 1.165) is 3.57 Å². The molecule has 2 N–H and O–H groups in total. The Labute approximate surface area is 137 Å². The van der Waals surface area contributed by atoms with Crippen molar-refractivity contribution in [1.29, 1.82) is 0 Å². The third kappa shape index (κ3) is 2.61. The van der Waals surface area contributed by atoms with Gasteiger partial charge in [-0.15, -0.1) is 0 Å². The SMILES string of the molecule is Cn1c(=O)ccc2c(=O)[nH]c(Nc3ccc(I)cc3F)nc21. The van der Waals surface area contributed by atoms with Gasteiger partial charge in [-0.25, -0.2) is 4.39 Å². The van der Waals surface area contributed by atoms with Gasteiger partial charge in [0.25, 0.3) is 11.1 Å². The Kier molecular flexibility index (Phi) is 3.69. The monoisotopic (exact) mass is 412 g/mol. The summed E-state index contributed by atoms with van der Waals surface area (Å²) >= 11 is 2.00. The van der Waals surface area contributed by atoms with Crippen molar-refractivity contribution >= 4 is 45.3 Å². The summed E-state index contributed by atoms with van der Waals surface area (Å²) in [5.41, 5.74) is -0.278. The molecule has 0 amide bonds. The molecule has 0 unspecified atom stereocenters. The highest BCUT2D eigenvalue weighted by atomic mass is 127. The van der Waals surface area contributed by atoms with Crippen LogP contribution in [0.3, 0.4) is 0 Å². The average molecular weight is 412 g/mol. The van der Waals surface area contributed by atoms with E-state index in [1.807, 2.05) is 22.6 Å². The van der Waals surface area contributed by atoms with Crippen LogP contribution in [0.2, 0.25) is 0 Å². The summed E-state index contributed by atoms with van der Waals surface area (Å²) in [6.07, 6.45) is 0. The minimum absolute atomic E-state index is 0.0683. The molecular weight excluding hydrogens is 402 g/mol. The number of aromatic nitrogens is 3. The standard InChI is InChI=1S/C14H10FIN4O2/c1-20-11(21)5-3-8-12(20)18-14(19-13(8)22)17-10-4-2-7(16)6-9(10)15/h2-6H,1H3,(H2,17,18,19,22). The van der Waals surface area contributed by atoms with Gasteiger partial charge in [-0.1, -0.05) is 0 Å². The second kappa shape index (κ2) is 5.52. The Morgan fingerprint density at radius 1 is 1.27 bits per heavy atom. The average Bonchev–Trinajstić information content (AvgIpc) is 2.46. The number of aryl methyl sites for hydroxylation is 1. The van der Waals surface area contributed by atoms with Crippen molar-refractivity contribution in [3.8, 4) is 0 Å². The van der Waals surface area contributed by atoms with Gasteiger partial charge < -0.3 is 5.32 Å². The van der Waals surface area contributed by atoms with Crippen molar-refractivity contribution < 1.29 is 4.39 Å². The number of pyridine rings is 1. The fourth-order valence-electron chi connectivity index (χ4n) is 2.02. The number of nitrogens with one attached hydrogen (secondary N) is 2. The third-order valence-corrected chi connectivity index (χ3v) is 3.83. The highest BCUT2D eigenvalue weighted by Gasteiger charge is 2.09. The Balaban J connectivity index is 2.14. The molecule has 1 aromatic carbocycles. The molecule has 112 valence electrons. The van der Waals surface area contributed by atoms with E-state index in [4.69, 9.17) is 0 Å². The number of nitrogens with zero attached hydrogens (tertiary/aromatic N) is 2. The number of fused-ring (bicyclic) bond motifs is 1. The Bertz CT molecular complexity index is 996. The molecule has 0 radical (unpaired) electrons. The maximum Gasteiger partial charge on any atom is 0.261 e. The molecule has 0 aliphatic heterocycles. The van der Waals surface area contributed by atoms with Crippen molar-refractivity contribution in [2.75, 3.05) is 5.32 Å². The largest absolute Gasteiger partial charge is 0.323 e. The first kappa shape index (κ1) is 14.7. The molecule has 0 bridgehead atoms. The molecule has 0 atom stereocenters. The van der Waals surface area contributed by atoms with Gasteiger partial charge in [-0.2, -0.15) is 4.98 Å². The number of H-pyrrole nitrogens is 1. The zero-order valence-corrected chi connectivity index (χ0v) is 13.5. The molecule has 6 nitrogen and oxygen atoms in total. The first-order valence-electron chi connectivity index (χ1n) is 6.28. The van der Waals surface area contributed by atoms with Crippen LogP contribution in [0.5, 0.6) is 0 Å². The Morgan fingerprint density at radius 2 is 2.05 bits per heavy atom. The molecule has 3 rings (SSSR count). The fraction of sp³-hybridized carbons (Fsp3) is 0.0714. The molecule has 2 aromatic heterocycles. The van der Waals surface area contributed by atoms with E-state index < -0.39 is 11.4 Å². The molecule has 0 aliphatic rings. The Morgan fingerprint density at radius 3 is 2.77 bits per heavy atom. The van der Waals surface area contributed by atoms with Crippen LogP contribution in [-0.4, -0.2) is 14.5 Å². The molecule has 0 aliphatic carbocycles. The topological polar surface area (TPSA) is 79.8 Å². The molecule has 0 saturated heterocycles. The highest BCUT2D eigenvalue weighted by molar-refractivity contribution is 14.1. The lowest BCUT2D eigenvalue weighted by Crippen LogP contribution is -2.21. The lowest BCUT2D eigenvalue weighted by atomic mass is 10.3. The zero-order chi connectivity index (χ0) is 15.9. The van der Waals surface area contributed by atoms with Crippen LogP contribution < -0.4 is 16.4 Å². The van der Waals surface area contributed by atoms with E-state index in [2.05, 4.69) is 15.3 Å². The lowest BCUT2D eigenvalue weighted by molar-refractivity contribution is 0.630. The summed E-state index contributed by atoms with van der Waals surface area (Å²) in [7, 11) is 1.52. The first-order valence-corrected chi connectivity index (χ1v) is 7.36. The summed E-state index contributed by atoms with van der Waals surface area (Å²) in [5, 5.41) is 3.01. The van der Waals surface area contributed by atoms with Gasteiger partial charge in [-0.05, 0) is 46.9 Å². The van der Waals surface area contributed by atoms with Gasteiger partial charge >= 0.3 is 0 Å². The Hall–Kier alpha value is -2.23. The van der Waals surface area contributed by atoms with Crippen LogP contribution in [0.4, 0.5) is 16.0 Å². The van der Waals surface area contributed by atoms with Crippen molar-refractivity contribution in [3.05, 3.63) is 60.4 Å². The second-order valence-corrected chi connectivity index (χ2v) is 5.88. The molecule has 2 heterocycles. The van der Waals surface area contributed by atoms with E-state index in [0.29, 0.717) is 0 Å². The zero-order valence-electron chi connectivity index (χ0n) is 11.4. The molecule has 22 heavy (non-hydrogen) atoms. The van der Waals surface area contributed by atoms with E-state index in [1.165, 1.54) is 29.8 Å². The van der Waals surface area contributed by atoms with E-state index in [9.17, 15) is 14.0 Å². The molecule has 0 fully saturated rings. The first-order chi connectivity index (χ1) is 10.5. The van der Waals surface area contributed by atoms with Gasteiger partial charge in [0.1, 0.15) is 5.82 Å². The lowest BCUT2D eigenvalue weighted by Gasteiger charge is -2.09. The number of benzene rings is 1. The number of halogens is 2. The predicted molar refractivity (Wildman–Crippen MR) is 90.0 cm³/mol. The summed E-state index contributed by atoms with van der Waals surface area (Å²) in [5.74, 6) is -0.393. The molecule has 8 heteroatoms. The highest BCUT2D eigenvalue weighted by Crippen LogP contribution is 2.19. The number of hydrogen-bond acceptors (Lipinski definition) is 4. The van der Waals surface area contributed by atoms with Crippen molar-refractivity contribution in [1.82, 2.24) is 14.5 Å². The normalized spacial score (nSPS) is 10.9. The van der Waals surface area contributed by atoms with Crippen LogP contribution in [0.15, 0.2) is 39.9 Å². The van der Waals surface area contributed by atoms with Crippen molar-refractivity contribution in [2.24, 2.45) is 7.05 Å². The van der Waals surface area contributed by atoms with Gasteiger partial charge in [0.05, 0.1) is 11.1 Å². The van der Waals surface area contributed by atoms with Gasteiger partial charge in [0, 0.05) is 16.7 Å². The minimum atomic E-state index is -0.461. The summed E-state index contributed by atoms with van der Waals surface area (Å²) in [6.45, 7) is 0. The van der Waals surface area contributed by atoms with Gasteiger partial charge in [0.15, 0.2) is 5.65 Å². The van der Waals surface area contributed by atoms with Crippen molar-refractivity contribution in [2.45, 2.75) is 0 Å². The number of rotatable bonds is 2. The van der Waals surface area contributed by atoms with Crippen LogP contribution in [0.25, 0.3) is 11.0 Å². The van der Waals surface area contributed by atoms with E-state index >= 15 is 0 Å². The van der Waals surface area contributed by atoms with Crippen molar-refractivity contribution in [3.63, 3.8) is 0 Å². The van der Waals surface area contributed by atoms with Crippen LogP contribution in [0.1, 0.15) is 0 Å². The van der Waals surface area contributed by atoms with Crippen LogP contribution >= 0.6 is 22.6 Å². The smallest absolute Gasteiger partial charge is 0.261 e.